The zero-order valence-electron chi connectivity index (χ0n) is 15.3. The minimum atomic E-state index is -1.30. The lowest BCUT2D eigenvalue weighted by molar-refractivity contribution is -0.142. The normalized spacial score (nSPS) is 12.8. The second-order valence-electron chi connectivity index (χ2n) is 6.37. The van der Waals surface area contributed by atoms with Crippen molar-refractivity contribution in [2.24, 2.45) is 0 Å². The SMILES string of the molecule is CC(=O)N[C@@H](Cc1c[nH]c2ccccc12)C(=O)N[C@@H](CCC(=O)C=N)C(=O)O. The number of H-pyrrole nitrogens is 1. The van der Waals surface area contributed by atoms with E-state index < -0.39 is 35.7 Å². The van der Waals surface area contributed by atoms with E-state index in [2.05, 4.69) is 15.6 Å². The average molecular weight is 386 g/mol. The molecular formula is C19H22N4O5. The summed E-state index contributed by atoms with van der Waals surface area (Å²) in [7, 11) is 0. The van der Waals surface area contributed by atoms with Gasteiger partial charge in [-0.15, -0.1) is 0 Å². The lowest BCUT2D eigenvalue weighted by Gasteiger charge is -2.20. The van der Waals surface area contributed by atoms with Gasteiger partial charge in [-0.25, -0.2) is 4.79 Å². The third kappa shape index (κ3) is 5.50. The van der Waals surface area contributed by atoms with Gasteiger partial charge in [0.15, 0.2) is 5.78 Å². The molecular weight excluding hydrogens is 364 g/mol. The van der Waals surface area contributed by atoms with E-state index in [1.807, 2.05) is 24.3 Å². The van der Waals surface area contributed by atoms with Gasteiger partial charge < -0.3 is 26.1 Å². The molecule has 1 aromatic carbocycles. The highest BCUT2D eigenvalue weighted by atomic mass is 16.4. The van der Waals surface area contributed by atoms with E-state index in [9.17, 15) is 24.3 Å². The number of aromatic nitrogens is 1. The Hall–Kier alpha value is -3.49. The first-order valence-corrected chi connectivity index (χ1v) is 8.70. The van der Waals surface area contributed by atoms with E-state index in [0.717, 1.165) is 16.5 Å². The number of carboxylic acid groups (broad SMARTS) is 1. The van der Waals surface area contributed by atoms with Gasteiger partial charge in [-0.2, -0.15) is 0 Å². The minimum absolute atomic E-state index is 0.144. The number of amides is 2. The third-order valence-corrected chi connectivity index (χ3v) is 4.25. The Morgan fingerprint density at radius 1 is 1.18 bits per heavy atom. The molecule has 1 aromatic heterocycles. The maximum atomic E-state index is 12.6. The number of ketones is 1. The van der Waals surface area contributed by atoms with Crippen molar-refractivity contribution in [2.75, 3.05) is 0 Å². The van der Waals surface area contributed by atoms with Crippen LogP contribution in [0.15, 0.2) is 30.5 Å². The average Bonchev–Trinajstić information content (AvgIpc) is 3.06. The molecule has 0 saturated carbocycles. The topological polar surface area (TPSA) is 152 Å². The number of carbonyl (C=O) groups is 4. The third-order valence-electron chi connectivity index (χ3n) is 4.25. The largest absolute Gasteiger partial charge is 0.480 e. The van der Waals surface area contributed by atoms with Crippen molar-refractivity contribution in [1.82, 2.24) is 15.6 Å². The molecule has 0 bridgehead atoms. The van der Waals surface area contributed by atoms with Crippen LogP contribution in [0.25, 0.3) is 10.9 Å². The molecule has 9 nitrogen and oxygen atoms in total. The van der Waals surface area contributed by atoms with Crippen LogP contribution >= 0.6 is 0 Å². The number of fused-ring (bicyclic) bond motifs is 1. The lowest BCUT2D eigenvalue weighted by atomic mass is 10.0. The smallest absolute Gasteiger partial charge is 0.326 e. The Balaban J connectivity index is 2.15. The van der Waals surface area contributed by atoms with Crippen LogP contribution in [0.1, 0.15) is 25.3 Å². The molecule has 0 unspecified atom stereocenters. The number of rotatable bonds is 10. The summed E-state index contributed by atoms with van der Waals surface area (Å²) in [6, 6.07) is 5.22. The Morgan fingerprint density at radius 2 is 1.89 bits per heavy atom. The molecule has 2 atom stereocenters. The van der Waals surface area contributed by atoms with Gasteiger partial charge in [0.2, 0.25) is 11.8 Å². The Kier molecular flexibility index (Phi) is 7.02. The molecule has 2 aromatic rings. The van der Waals surface area contributed by atoms with E-state index in [0.29, 0.717) is 6.21 Å². The number of hydrogen-bond donors (Lipinski definition) is 5. The van der Waals surface area contributed by atoms with Crippen molar-refractivity contribution < 1.29 is 24.3 Å². The first kappa shape index (κ1) is 20.8. The maximum Gasteiger partial charge on any atom is 0.326 e. The van der Waals surface area contributed by atoms with E-state index in [-0.39, 0.29) is 19.3 Å². The fraction of sp³-hybridized carbons (Fsp3) is 0.316. The molecule has 5 N–H and O–H groups in total. The van der Waals surface area contributed by atoms with Gasteiger partial charge in [0.05, 0.1) is 6.21 Å². The van der Waals surface area contributed by atoms with Crippen molar-refractivity contribution in [3.8, 4) is 0 Å². The first-order chi connectivity index (χ1) is 13.3. The summed E-state index contributed by atoms with van der Waals surface area (Å²) in [5, 5.41) is 22.0. The summed E-state index contributed by atoms with van der Waals surface area (Å²) < 4.78 is 0. The number of aliphatic carboxylic acids is 1. The van der Waals surface area contributed by atoms with Gasteiger partial charge in [0.25, 0.3) is 0 Å². The summed E-state index contributed by atoms with van der Waals surface area (Å²) in [5.74, 6) is -2.90. The molecule has 0 aliphatic rings. The predicted octanol–water partition coefficient (Wildman–Crippen LogP) is 0.783. The van der Waals surface area contributed by atoms with E-state index in [1.54, 1.807) is 6.20 Å². The maximum absolute atomic E-state index is 12.6. The van der Waals surface area contributed by atoms with Crippen molar-refractivity contribution in [3.63, 3.8) is 0 Å². The molecule has 0 saturated heterocycles. The second-order valence-corrected chi connectivity index (χ2v) is 6.37. The number of carbonyl (C=O) groups excluding carboxylic acids is 3. The molecule has 2 amide bonds. The van der Waals surface area contributed by atoms with E-state index in [1.165, 1.54) is 6.92 Å². The Morgan fingerprint density at radius 3 is 2.54 bits per heavy atom. The first-order valence-electron chi connectivity index (χ1n) is 8.70. The number of hydrogen-bond acceptors (Lipinski definition) is 5. The van der Waals surface area contributed by atoms with E-state index in [4.69, 9.17) is 5.41 Å². The predicted molar refractivity (Wildman–Crippen MR) is 102 cm³/mol. The molecule has 0 radical (unpaired) electrons. The molecule has 0 fully saturated rings. The van der Waals surface area contributed by atoms with Gasteiger partial charge >= 0.3 is 5.97 Å². The lowest BCUT2D eigenvalue weighted by Crippen LogP contribution is -2.52. The second kappa shape index (κ2) is 9.45. The highest BCUT2D eigenvalue weighted by Crippen LogP contribution is 2.19. The number of Topliss-reactive ketones (excluding diaryl/α,β-unsaturated/α-hetero) is 1. The quantitative estimate of drug-likeness (QED) is 0.382. The van der Waals surface area contributed by atoms with Crippen LogP contribution in [0.2, 0.25) is 0 Å². The number of carboxylic acids is 1. The minimum Gasteiger partial charge on any atom is -0.480 e. The standard InChI is InChI=1S/C19H22N4O5/c1-11(24)22-17(8-12-10-21-15-5-3-2-4-14(12)15)18(26)23-16(19(27)28)7-6-13(25)9-20/h2-5,9-10,16-17,20-21H,6-8H2,1H3,(H,22,24)(H,23,26)(H,27,28)/t16-,17-/m0/s1. The molecule has 0 aliphatic heterocycles. The van der Waals surface area contributed by atoms with E-state index >= 15 is 0 Å². The zero-order valence-corrected chi connectivity index (χ0v) is 15.3. The highest BCUT2D eigenvalue weighted by Gasteiger charge is 2.27. The highest BCUT2D eigenvalue weighted by molar-refractivity contribution is 6.26. The fourth-order valence-corrected chi connectivity index (χ4v) is 2.86. The fourth-order valence-electron chi connectivity index (χ4n) is 2.86. The number of aromatic amines is 1. The van der Waals surface area contributed by atoms with Crippen LogP contribution in [0.3, 0.4) is 0 Å². The van der Waals surface area contributed by atoms with Crippen molar-refractivity contribution >= 4 is 40.7 Å². The zero-order chi connectivity index (χ0) is 20.7. The summed E-state index contributed by atoms with van der Waals surface area (Å²) in [5.41, 5.74) is 1.68. The summed E-state index contributed by atoms with van der Waals surface area (Å²) >= 11 is 0. The van der Waals surface area contributed by atoms with Gasteiger partial charge in [0.1, 0.15) is 12.1 Å². The van der Waals surface area contributed by atoms with Crippen LogP contribution in [0.4, 0.5) is 0 Å². The monoisotopic (exact) mass is 386 g/mol. The van der Waals surface area contributed by atoms with Crippen LogP contribution < -0.4 is 10.6 Å². The summed E-state index contributed by atoms with van der Waals surface area (Å²) in [6.07, 6.45) is 2.20. The molecule has 28 heavy (non-hydrogen) atoms. The molecule has 9 heteroatoms. The Labute approximate surface area is 161 Å². The number of para-hydroxylation sites is 1. The Bertz CT molecular complexity index is 905. The van der Waals surface area contributed by atoms with Gasteiger partial charge in [-0.05, 0) is 18.1 Å². The summed E-state index contributed by atoms with van der Waals surface area (Å²) in [4.78, 5) is 49.9. The molecule has 1 heterocycles. The molecule has 0 aliphatic carbocycles. The van der Waals surface area contributed by atoms with Gasteiger partial charge in [-0.1, -0.05) is 18.2 Å². The number of benzene rings is 1. The van der Waals surface area contributed by atoms with Crippen LogP contribution in [-0.4, -0.2) is 52.0 Å². The molecule has 0 spiro atoms. The van der Waals surface area contributed by atoms with Crippen LogP contribution in [0.5, 0.6) is 0 Å². The van der Waals surface area contributed by atoms with Gasteiger partial charge in [-0.3, -0.25) is 14.4 Å². The van der Waals surface area contributed by atoms with Gasteiger partial charge in [0, 0.05) is 36.9 Å². The molecule has 2 rings (SSSR count). The van der Waals surface area contributed by atoms with Crippen LogP contribution in [0, 0.1) is 5.41 Å². The number of nitrogens with one attached hydrogen (secondary N) is 4. The molecule has 148 valence electrons. The van der Waals surface area contributed by atoms with Crippen molar-refractivity contribution in [3.05, 3.63) is 36.0 Å². The van der Waals surface area contributed by atoms with Crippen molar-refractivity contribution in [2.45, 2.75) is 38.3 Å². The van der Waals surface area contributed by atoms with Crippen molar-refractivity contribution in [1.29, 1.82) is 5.41 Å². The summed E-state index contributed by atoms with van der Waals surface area (Å²) in [6.45, 7) is 1.27. The van der Waals surface area contributed by atoms with Crippen LogP contribution in [-0.2, 0) is 25.6 Å².